The predicted molar refractivity (Wildman–Crippen MR) is 180 cm³/mol. The minimum atomic E-state index is -1.71. The lowest BCUT2D eigenvalue weighted by atomic mass is 9.97. The van der Waals surface area contributed by atoms with Crippen LogP contribution in [0.4, 0.5) is 0 Å². The number of rotatable bonds is 14. The van der Waals surface area contributed by atoms with Crippen molar-refractivity contribution in [2.75, 3.05) is 35.0 Å². The van der Waals surface area contributed by atoms with E-state index in [2.05, 4.69) is 0 Å². The molecule has 0 saturated carbocycles. The maximum absolute atomic E-state index is 13.6. The molecule has 1 saturated heterocycles. The molecule has 268 valence electrons. The molecule has 1 aliphatic heterocycles. The summed E-state index contributed by atoms with van der Waals surface area (Å²) in [5.41, 5.74) is 1.20. The van der Waals surface area contributed by atoms with E-state index in [1.807, 2.05) is 0 Å². The summed E-state index contributed by atoms with van der Waals surface area (Å²) in [7, 11) is 6.02. The van der Waals surface area contributed by atoms with Crippen molar-refractivity contribution in [3.8, 4) is 23.0 Å². The molecule has 0 bridgehead atoms. The molecule has 1 fully saturated rings. The Hall–Kier alpha value is -5.63. The molecule has 51 heavy (non-hydrogen) atoms. The summed E-state index contributed by atoms with van der Waals surface area (Å²) in [4.78, 5) is 40.2. The lowest BCUT2D eigenvalue weighted by Gasteiger charge is -2.43. The Morgan fingerprint density at radius 3 is 1.37 bits per heavy atom. The van der Waals surface area contributed by atoms with Gasteiger partial charge in [0.15, 0.2) is 18.5 Å². The standard InChI is InChI=1S/C38H38O13/c1-43-27-13-5-23(6-14-27)21-47-34-33(51-37(41)26-11-19-30(46-4)20-12-26)32(50-36(40)25-9-17-29(45-3)18-10-25)31(49-38(34)42)22-48-35(39)24-7-15-28(44-2)16-8-24/h5-20,31-34,38,42H,21-22H2,1-4H3/t31-,32-,33+,34-,38?/m1/s1. The molecule has 0 aromatic heterocycles. The maximum Gasteiger partial charge on any atom is 0.338 e. The van der Waals surface area contributed by atoms with Crippen LogP contribution in [0.5, 0.6) is 23.0 Å². The second-order valence-electron chi connectivity index (χ2n) is 11.2. The van der Waals surface area contributed by atoms with Crippen LogP contribution in [0.1, 0.15) is 36.6 Å². The fraction of sp³-hybridized carbons (Fsp3) is 0.289. The van der Waals surface area contributed by atoms with Crippen molar-refractivity contribution in [1.82, 2.24) is 0 Å². The molecular weight excluding hydrogens is 664 g/mol. The van der Waals surface area contributed by atoms with Gasteiger partial charge in [-0.1, -0.05) is 12.1 Å². The Morgan fingerprint density at radius 1 is 0.549 bits per heavy atom. The predicted octanol–water partition coefficient (Wildman–Crippen LogP) is 4.63. The van der Waals surface area contributed by atoms with Gasteiger partial charge in [0.2, 0.25) is 0 Å². The van der Waals surface area contributed by atoms with Gasteiger partial charge in [0.1, 0.15) is 41.8 Å². The molecule has 4 aromatic rings. The highest BCUT2D eigenvalue weighted by Gasteiger charge is 2.51. The van der Waals surface area contributed by atoms with Crippen molar-refractivity contribution in [2.45, 2.75) is 37.3 Å². The van der Waals surface area contributed by atoms with Crippen LogP contribution in [-0.4, -0.2) is 88.8 Å². The minimum Gasteiger partial charge on any atom is -0.497 e. The van der Waals surface area contributed by atoms with Crippen molar-refractivity contribution in [3.63, 3.8) is 0 Å². The molecule has 1 heterocycles. The first-order valence-electron chi connectivity index (χ1n) is 15.8. The lowest BCUT2D eigenvalue weighted by Crippen LogP contribution is -2.62. The third-order valence-corrected chi connectivity index (χ3v) is 8.05. The molecule has 1 unspecified atom stereocenters. The van der Waals surface area contributed by atoms with Gasteiger partial charge in [0.25, 0.3) is 0 Å². The van der Waals surface area contributed by atoms with E-state index in [4.69, 9.17) is 42.6 Å². The molecule has 1 N–H and O–H groups in total. The average molecular weight is 703 g/mol. The number of aliphatic hydroxyl groups excluding tert-OH is 1. The van der Waals surface area contributed by atoms with E-state index < -0.39 is 55.2 Å². The number of methoxy groups -OCH3 is 4. The van der Waals surface area contributed by atoms with Crippen molar-refractivity contribution in [3.05, 3.63) is 119 Å². The lowest BCUT2D eigenvalue weighted by molar-refractivity contribution is -0.296. The SMILES string of the molecule is COc1ccc(CO[C@H]2C(O)O[C@H](COC(=O)c3ccc(OC)cc3)[C@@H](OC(=O)c3ccc(OC)cc3)[C@@H]2OC(=O)c2ccc(OC)cc2)cc1. The van der Waals surface area contributed by atoms with E-state index in [1.165, 1.54) is 57.7 Å². The largest absolute Gasteiger partial charge is 0.497 e. The molecule has 5 rings (SSSR count). The quantitative estimate of drug-likeness (QED) is 0.144. The number of hydrogen-bond acceptors (Lipinski definition) is 13. The maximum atomic E-state index is 13.6. The number of aliphatic hydroxyl groups is 1. The van der Waals surface area contributed by atoms with Gasteiger partial charge < -0.3 is 47.7 Å². The molecule has 13 nitrogen and oxygen atoms in total. The van der Waals surface area contributed by atoms with Crippen molar-refractivity contribution in [1.29, 1.82) is 0 Å². The zero-order valence-corrected chi connectivity index (χ0v) is 28.4. The minimum absolute atomic E-state index is 0.0536. The van der Waals surface area contributed by atoms with E-state index in [0.717, 1.165) is 0 Å². The number of carbonyl (C=O) groups is 3. The molecule has 0 aliphatic carbocycles. The second kappa shape index (κ2) is 17.3. The highest BCUT2D eigenvalue weighted by Crippen LogP contribution is 2.31. The third-order valence-electron chi connectivity index (χ3n) is 8.05. The topological polar surface area (TPSA) is 155 Å². The zero-order chi connectivity index (χ0) is 36.3. The summed E-state index contributed by atoms with van der Waals surface area (Å²) < 4.78 is 50.3. The molecule has 0 amide bonds. The van der Waals surface area contributed by atoms with Gasteiger partial charge in [0, 0.05) is 0 Å². The van der Waals surface area contributed by atoms with Crippen LogP contribution >= 0.6 is 0 Å². The smallest absolute Gasteiger partial charge is 0.338 e. The van der Waals surface area contributed by atoms with Crippen molar-refractivity contribution in [2.24, 2.45) is 0 Å². The zero-order valence-electron chi connectivity index (χ0n) is 28.4. The van der Waals surface area contributed by atoms with Crippen LogP contribution in [0.15, 0.2) is 97.1 Å². The third kappa shape index (κ3) is 9.34. The number of esters is 3. The average Bonchev–Trinajstić information content (AvgIpc) is 3.18. The Balaban J connectivity index is 1.46. The molecule has 5 atom stereocenters. The highest BCUT2D eigenvalue weighted by atomic mass is 16.7. The first-order valence-corrected chi connectivity index (χ1v) is 15.8. The summed E-state index contributed by atoms with van der Waals surface area (Å²) in [6.45, 7) is -0.549. The van der Waals surface area contributed by atoms with E-state index in [9.17, 15) is 19.5 Å². The highest BCUT2D eigenvalue weighted by molar-refractivity contribution is 5.91. The van der Waals surface area contributed by atoms with Gasteiger partial charge in [-0.3, -0.25) is 0 Å². The molecular formula is C38H38O13. The Kier molecular flexibility index (Phi) is 12.5. The van der Waals surface area contributed by atoms with Gasteiger partial charge >= 0.3 is 17.9 Å². The van der Waals surface area contributed by atoms with Crippen LogP contribution in [0.3, 0.4) is 0 Å². The summed E-state index contributed by atoms with van der Waals surface area (Å²) in [5.74, 6) is -0.152. The van der Waals surface area contributed by atoms with E-state index in [-0.39, 0.29) is 23.3 Å². The van der Waals surface area contributed by atoms with Gasteiger partial charge in [-0.25, -0.2) is 14.4 Å². The van der Waals surface area contributed by atoms with Crippen molar-refractivity contribution >= 4 is 17.9 Å². The monoisotopic (exact) mass is 702 g/mol. The van der Waals surface area contributed by atoms with Gasteiger partial charge in [0.05, 0.1) is 51.7 Å². The van der Waals surface area contributed by atoms with Crippen LogP contribution in [-0.2, 0) is 30.3 Å². The first kappa shape index (κ1) is 36.6. The fourth-order valence-corrected chi connectivity index (χ4v) is 5.20. The van der Waals surface area contributed by atoms with Crippen LogP contribution in [0.25, 0.3) is 0 Å². The van der Waals surface area contributed by atoms with Gasteiger partial charge in [-0.15, -0.1) is 0 Å². The van der Waals surface area contributed by atoms with Gasteiger partial charge in [-0.05, 0) is 90.5 Å². The number of benzene rings is 4. The molecule has 4 aromatic carbocycles. The van der Waals surface area contributed by atoms with E-state index in [1.54, 1.807) is 67.8 Å². The number of ether oxygens (including phenoxy) is 9. The van der Waals surface area contributed by atoms with Crippen LogP contribution in [0.2, 0.25) is 0 Å². The first-order chi connectivity index (χ1) is 24.7. The summed E-state index contributed by atoms with van der Waals surface area (Å²) in [6.07, 6.45) is -7.27. The number of carbonyl (C=O) groups excluding carboxylic acids is 3. The fourth-order valence-electron chi connectivity index (χ4n) is 5.20. The Labute approximate surface area is 294 Å². The Morgan fingerprint density at radius 2 is 0.941 bits per heavy atom. The van der Waals surface area contributed by atoms with E-state index >= 15 is 0 Å². The summed E-state index contributed by atoms with van der Waals surface area (Å²) in [6, 6.07) is 25.5. The number of hydrogen-bond donors (Lipinski definition) is 1. The van der Waals surface area contributed by atoms with E-state index in [0.29, 0.717) is 28.6 Å². The van der Waals surface area contributed by atoms with Crippen LogP contribution in [0, 0.1) is 0 Å². The molecule has 13 heteroatoms. The normalized spacial score (nSPS) is 19.7. The molecule has 0 spiro atoms. The second-order valence-corrected chi connectivity index (χ2v) is 11.2. The van der Waals surface area contributed by atoms with Gasteiger partial charge in [-0.2, -0.15) is 0 Å². The molecule has 0 radical (unpaired) electrons. The summed E-state index contributed by atoms with van der Waals surface area (Å²) >= 11 is 0. The molecule has 1 aliphatic rings. The van der Waals surface area contributed by atoms with Crippen molar-refractivity contribution < 1.29 is 62.1 Å². The summed E-state index contributed by atoms with van der Waals surface area (Å²) in [5, 5.41) is 11.3. The van der Waals surface area contributed by atoms with Crippen LogP contribution < -0.4 is 18.9 Å². The Bertz CT molecular complexity index is 1740.